The number of benzene rings is 2. The molecule has 152 valence electrons. The van der Waals surface area contributed by atoms with Gasteiger partial charge in [-0.2, -0.15) is 0 Å². The van der Waals surface area contributed by atoms with E-state index in [2.05, 4.69) is 32.0 Å². The van der Waals surface area contributed by atoms with E-state index in [9.17, 15) is 4.79 Å². The average Bonchev–Trinajstić information content (AvgIpc) is 2.65. The van der Waals surface area contributed by atoms with Crippen molar-refractivity contribution in [3.63, 3.8) is 0 Å². The molecule has 1 fully saturated rings. The number of nitrogens with zero attached hydrogens (tertiary/aromatic N) is 1. The Bertz CT molecular complexity index is 779. The molecule has 1 aliphatic rings. The summed E-state index contributed by atoms with van der Waals surface area (Å²) in [5, 5.41) is 0. The van der Waals surface area contributed by atoms with Gasteiger partial charge in [-0.15, -0.1) is 12.4 Å². The molecular formula is C23H31ClN2O2. The third-order valence-corrected chi connectivity index (χ3v) is 5.49. The van der Waals surface area contributed by atoms with Gasteiger partial charge in [-0.3, -0.25) is 4.79 Å². The number of amides is 1. The Labute approximate surface area is 174 Å². The number of piperidine rings is 1. The fraction of sp³-hybridized carbons (Fsp3) is 0.435. The molecule has 0 aliphatic carbocycles. The zero-order valence-electron chi connectivity index (χ0n) is 16.9. The number of ether oxygens (including phenoxy) is 1. The molecule has 2 aromatic rings. The molecule has 2 N–H and O–H groups in total. The van der Waals surface area contributed by atoms with Crippen molar-refractivity contribution in [2.75, 3.05) is 13.1 Å². The normalized spacial score (nSPS) is 19.4. The van der Waals surface area contributed by atoms with Gasteiger partial charge in [-0.25, -0.2) is 0 Å². The highest BCUT2D eigenvalue weighted by molar-refractivity contribution is 5.85. The Kier molecular flexibility index (Phi) is 7.50. The Morgan fingerprint density at radius 3 is 2.50 bits per heavy atom. The second kappa shape index (κ2) is 9.44. The Hall–Kier alpha value is -2.04. The molecule has 1 amide bonds. The molecule has 5 heteroatoms. The van der Waals surface area contributed by atoms with E-state index in [1.54, 1.807) is 0 Å². The van der Waals surface area contributed by atoms with E-state index < -0.39 is 6.10 Å². The molecule has 4 nitrogen and oxygen atoms in total. The van der Waals surface area contributed by atoms with Crippen LogP contribution in [0.4, 0.5) is 0 Å². The van der Waals surface area contributed by atoms with Crippen LogP contribution in [0, 0.1) is 5.41 Å². The van der Waals surface area contributed by atoms with Gasteiger partial charge in [-0.1, -0.05) is 62.4 Å². The number of likely N-dealkylation sites (tertiary alicyclic amines) is 1. The van der Waals surface area contributed by atoms with Crippen LogP contribution in [0.25, 0.3) is 0 Å². The Balaban J connectivity index is 0.00000280. The van der Waals surface area contributed by atoms with E-state index in [0.29, 0.717) is 13.1 Å². The second-order valence-electron chi connectivity index (χ2n) is 8.17. The standard InChI is InChI=1S/C23H30N2O2.ClH/c1-17(22(26)25-14-13-21(24)23(2,3)16-25)27-20-12-8-7-11-19(20)15-18-9-5-4-6-10-18;/h4-12,17,21H,13-16,24H2,1-3H3;1H. The lowest BCUT2D eigenvalue weighted by Gasteiger charge is -2.43. The molecule has 3 rings (SSSR count). The zero-order valence-corrected chi connectivity index (χ0v) is 17.7. The van der Waals surface area contributed by atoms with Crippen molar-refractivity contribution >= 4 is 18.3 Å². The average molecular weight is 403 g/mol. The Morgan fingerprint density at radius 2 is 1.82 bits per heavy atom. The van der Waals surface area contributed by atoms with E-state index in [1.165, 1.54) is 5.56 Å². The van der Waals surface area contributed by atoms with E-state index in [0.717, 1.165) is 24.2 Å². The van der Waals surface area contributed by atoms with Gasteiger partial charge in [0.25, 0.3) is 5.91 Å². The number of hydrogen-bond acceptors (Lipinski definition) is 3. The van der Waals surface area contributed by atoms with Crippen LogP contribution in [0.5, 0.6) is 5.75 Å². The van der Waals surface area contributed by atoms with E-state index >= 15 is 0 Å². The van der Waals surface area contributed by atoms with Crippen molar-refractivity contribution in [3.05, 3.63) is 65.7 Å². The number of carbonyl (C=O) groups is 1. The Morgan fingerprint density at radius 1 is 1.18 bits per heavy atom. The van der Waals surface area contributed by atoms with Gasteiger partial charge >= 0.3 is 0 Å². The van der Waals surface area contributed by atoms with Gasteiger partial charge in [0.2, 0.25) is 0 Å². The van der Waals surface area contributed by atoms with Crippen LogP contribution in [0.1, 0.15) is 38.3 Å². The van der Waals surface area contributed by atoms with Crippen LogP contribution >= 0.6 is 12.4 Å². The first-order chi connectivity index (χ1) is 12.9. The van der Waals surface area contributed by atoms with Crippen LogP contribution < -0.4 is 10.5 Å². The van der Waals surface area contributed by atoms with E-state index in [1.807, 2.05) is 48.2 Å². The second-order valence-corrected chi connectivity index (χ2v) is 8.17. The lowest BCUT2D eigenvalue weighted by Crippen LogP contribution is -2.56. The molecule has 1 saturated heterocycles. The molecule has 0 aromatic heterocycles. The summed E-state index contributed by atoms with van der Waals surface area (Å²) in [6.07, 6.45) is 1.09. The fourth-order valence-electron chi connectivity index (χ4n) is 3.64. The largest absolute Gasteiger partial charge is 0.481 e. The van der Waals surface area contributed by atoms with Gasteiger partial charge in [-0.05, 0) is 36.0 Å². The first-order valence-electron chi connectivity index (χ1n) is 9.69. The summed E-state index contributed by atoms with van der Waals surface area (Å²) >= 11 is 0. The maximum Gasteiger partial charge on any atom is 0.263 e. The highest BCUT2D eigenvalue weighted by Gasteiger charge is 2.36. The maximum atomic E-state index is 12.9. The minimum Gasteiger partial charge on any atom is -0.481 e. The van der Waals surface area contributed by atoms with E-state index in [-0.39, 0.29) is 29.8 Å². The van der Waals surface area contributed by atoms with Crippen molar-refractivity contribution in [2.24, 2.45) is 11.1 Å². The van der Waals surface area contributed by atoms with Crippen LogP contribution in [0.15, 0.2) is 54.6 Å². The van der Waals surface area contributed by atoms with Gasteiger partial charge < -0.3 is 15.4 Å². The molecule has 2 unspecified atom stereocenters. The summed E-state index contributed by atoms with van der Waals surface area (Å²) in [5.41, 5.74) is 8.44. The number of halogens is 1. The molecule has 0 radical (unpaired) electrons. The summed E-state index contributed by atoms with van der Waals surface area (Å²) in [4.78, 5) is 14.8. The monoisotopic (exact) mass is 402 g/mol. The molecule has 1 aliphatic heterocycles. The van der Waals surface area contributed by atoms with Crippen molar-refractivity contribution in [2.45, 2.75) is 45.8 Å². The molecule has 2 aromatic carbocycles. The summed E-state index contributed by atoms with van der Waals surface area (Å²) in [7, 11) is 0. The zero-order chi connectivity index (χ0) is 19.4. The van der Waals surface area contributed by atoms with Crippen molar-refractivity contribution < 1.29 is 9.53 Å². The van der Waals surface area contributed by atoms with Gasteiger partial charge in [0.1, 0.15) is 5.75 Å². The first-order valence-corrected chi connectivity index (χ1v) is 9.69. The van der Waals surface area contributed by atoms with Crippen molar-refractivity contribution in [3.8, 4) is 5.75 Å². The number of rotatable bonds is 5. The van der Waals surface area contributed by atoms with Gasteiger partial charge in [0.15, 0.2) is 6.10 Å². The quantitative estimate of drug-likeness (QED) is 0.820. The van der Waals surface area contributed by atoms with E-state index in [4.69, 9.17) is 10.5 Å². The summed E-state index contributed by atoms with van der Waals surface area (Å²) < 4.78 is 6.11. The minimum atomic E-state index is -0.521. The molecule has 1 heterocycles. The highest BCUT2D eigenvalue weighted by Crippen LogP contribution is 2.29. The number of nitrogens with two attached hydrogens (primary N) is 1. The lowest BCUT2D eigenvalue weighted by molar-refractivity contribution is -0.141. The van der Waals surface area contributed by atoms with Crippen LogP contribution in [-0.2, 0) is 11.2 Å². The summed E-state index contributed by atoms with van der Waals surface area (Å²) in [5.74, 6) is 0.805. The summed E-state index contributed by atoms with van der Waals surface area (Å²) in [6, 6.07) is 18.4. The number of carbonyl (C=O) groups excluding carboxylic acids is 1. The topological polar surface area (TPSA) is 55.6 Å². The van der Waals surface area contributed by atoms with Crippen LogP contribution in [-0.4, -0.2) is 36.0 Å². The predicted molar refractivity (Wildman–Crippen MR) is 116 cm³/mol. The molecule has 0 saturated carbocycles. The maximum absolute atomic E-state index is 12.9. The molecule has 2 atom stereocenters. The van der Waals surface area contributed by atoms with Crippen molar-refractivity contribution in [1.82, 2.24) is 4.90 Å². The third kappa shape index (κ3) is 5.27. The van der Waals surface area contributed by atoms with Gasteiger partial charge in [0.05, 0.1) is 0 Å². The predicted octanol–water partition coefficient (Wildman–Crippen LogP) is 4.05. The number of para-hydroxylation sites is 1. The van der Waals surface area contributed by atoms with Gasteiger partial charge in [0, 0.05) is 25.6 Å². The van der Waals surface area contributed by atoms with Crippen LogP contribution in [0.2, 0.25) is 0 Å². The smallest absolute Gasteiger partial charge is 0.263 e. The van der Waals surface area contributed by atoms with Crippen molar-refractivity contribution in [1.29, 1.82) is 0 Å². The minimum absolute atomic E-state index is 0. The third-order valence-electron chi connectivity index (χ3n) is 5.49. The molecule has 0 spiro atoms. The summed E-state index contributed by atoms with van der Waals surface area (Å²) in [6.45, 7) is 7.45. The molecule has 0 bridgehead atoms. The lowest BCUT2D eigenvalue weighted by atomic mass is 9.79. The highest BCUT2D eigenvalue weighted by atomic mass is 35.5. The molecular weight excluding hydrogens is 372 g/mol. The molecule has 28 heavy (non-hydrogen) atoms. The van der Waals surface area contributed by atoms with Crippen LogP contribution in [0.3, 0.4) is 0 Å². The fourth-order valence-corrected chi connectivity index (χ4v) is 3.64. The SMILES string of the molecule is CC(Oc1ccccc1Cc1ccccc1)C(=O)N1CCC(N)C(C)(C)C1.Cl. The first kappa shape index (κ1) is 22.3. The number of hydrogen-bond donors (Lipinski definition) is 1.